The summed E-state index contributed by atoms with van der Waals surface area (Å²) < 4.78 is 49.2. The molecule has 3 rings (SSSR count). The topological polar surface area (TPSA) is 77.2 Å². The molecule has 0 spiro atoms. The molecule has 0 N–H and O–H groups in total. The van der Waals surface area contributed by atoms with Crippen molar-refractivity contribution in [3.63, 3.8) is 0 Å². The predicted molar refractivity (Wildman–Crippen MR) is 72.1 cm³/mol. The van der Waals surface area contributed by atoms with Crippen LogP contribution in [-0.2, 0) is 9.05 Å². The third-order valence-electron chi connectivity index (χ3n) is 2.60. The molecule has 11 heteroatoms. The van der Waals surface area contributed by atoms with Crippen LogP contribution in [0.2, 0.25) is 0 Å². The van der Waals surface area contributed by atoms with Gasteiger partial charge in [0.05, 0.1) is 16.6 Å². The Hall–Kier alpha value is -1.65. The number of aromatic nitrogens is 4. The molecule has 0 amide bonds. The van der Waals surface area contributed by atoms with Gasteiger partial charge in [0.25, 0.3) is 15.5 Å². The van der Waals surface area contributed by atoms with Crippen LogP contribution in [-0.4, -0.2) is 28.0 Å². The Labute approximate surface area is 125 Å². The summed E-state index contributed by atoms with van der Waals surface area (Å²) in [5, 5.41) is 6.75. The molecule has 3 aromatic rings. The second-order valence-corrected chi connectivity index (χ2v) is 7.50. The monoisotopic (exact) mass is 350 g/mol. The first kappa shape index (κ1) is 14.3. The first-order valence-corrected chi connectivity index (χ1v) is 8.52. The Morgan fingerprint density at radius 3 is 2.67 bits per heavy atom. The third kappa shape index (κ3) is 2.61. The molecule has 0 unspecified atom stereocenters. The van der Waals surface area contributed by atoms with Crippen LogP contribution >= 0.6 is 22.0 Å². The highest BCUT2D eigenvalue weighted by Gasteiger charge is 2.19. The van der Waals surface area contributed by atoms with Crippen molar-refractivity contribution in [1.82, 2.24) is 19.6 Å². The number of rotatable bonds is 3. The van der Waals surface area contributed by atoms with Gasteiger partial charge < -0.3 is 0 Å². The second-order valence-electron chi connectivity index (χ2n) is 3.93. The lowest BCUT2D eigenvalue weighted by atomic mass is 10.4. The van der Waals surface area contributed by atoms with Gasteiger partial charge in [-0.2, -0.15) is 0 Å². The highest BCUT2D eigenvalue weighted by molar-refractivity contribution is 8.13. The third-order valence-corrected chi connectivity index (χ3v) is 4.87. The van der Waals surface area contributed by atoms with Crippen LogP contribution in [0.3, 0.4) is 0 Å². The Bertz CT molecular complexity index is 922. The number of fused-ring (bicyclic) bond motifs is 1. The van der Waals surface area contributed by atoms with Gasteiger partial charge >= 0.3 is 0 Å². The number of halogens is 3. The lowest BCUT2D eigenvalue weighted by molar-refractivity contribution is 0.150. The standard InChI is InChI=1S/C10H5ClF2N4O2S2/c11-21(18,19)6-2-1-5-3-14-8(17(5)4-6)10-16-15-9(20-10)7(12)13/h1-4,7H. The second kappa shape index (κ2) is 4.97. The van der Waals surface area contributed by atoms with Crippen molar-refractivity contribution in [2.45, 2.75) is 11.3 Å². The summed E-state index contributed by atoms with van der Waals surface area (Å²) in [5.74, 6) is 0.219. The number of pyridine rings is 1. The molecule has 21 heavy (non-hydrogen) atoms. The van der Waals surface area contributed by atoms with E-state index >= 15 is 0 Å². The molecular weight excluding hydrogens is 346 g/mol. The lowest BCUT2D eigenvalue weighted by Gasteiger charge is -2.00. The van der Waals surface area contributed by atoms with Crippen molar-refractivity contribution >= 4 is 36.6 Å². The number of imidazole rings is 1. The first-order valence-electron chi connectivity index (χ1n) is 5.40. The predicted octanol–water partition coefficient (Wildman–Crippen LogP) is 2.72. The maximum atomic E-state index is 12.5. The molecule has 0 aromatic carbocycles. The maximum Gasteiger partial charge on any atom is 0.291 e. The molecule has 6 nitrogen and oxygen atoms in total. The van der Waals surface area contributed by atoms with Crippen LogP contribution in [0.15, 0.2) is 29.4 Å². The fraction of sp³-hybridized carbons (Fsp3) is 0.100. The van der Waals surface area contributed by atoms with Crippen LogP contribution in [0.25, 0.3) is 16.3 Å². The van der Waals surface area contributed by atoms with E-state index in [0.717, 1.165) is 0 Å². The summed E-state index contributed by atoms with van der Waals surface area (Å²) in [4.78, 5) is 3.92. The molecule has 0 aliphatic heterocycles. The minimum absolute atomic E-state index is 0.130. The van der Waals surface area contributed by atoms with Crippen LogP contribution in [0.1, 0.15) is 11.4 Å². The average molecular weight is 351 g/mol. The van der Waals surface area contributed by atoms with E-state index in [0.29, 0.717) is 16.9 Å². The van der Waals surface area contributed by atoms with E-state index < -0.39 is 20.5 Å². The van der Waals surface area contributed by atoms with Crippen LogP contribution in [0.5, 0.6) is 0 Å². The maximum absolute atomic E-state index is 12.5. The summed E-state index contributed by atoms with van der Waals surface area (Å²) in [5.41, 5.74) is 0.572. The van der Waals surface area contributed by atoms with E-state index in [-0.39, 0.29) is 15.7 Å². The summed E-state index contributed by atoms with van der Waals surface area (Å²) in [6.45, 7) is 0. The van der Waals surface area contributed by atoms with E-state index in [1.54, 1.807) is 0 Å². The van der Waals surface area contributed by atoms with E-state index in [9.17, 15) is 17.2 Å². The highest BCUT2D eigenvalue weighted by Crippen LogP contribution is 2.29. The molecule has 0 aliphatic rings. The Balaban J connectivity index is 2.18. The normalized spacial score (nSPS) is 12.4. The van der Waals surface area contributed by atoms with Gasteiger partial charge in [0.1, 0.15) is 0 Å². The summed E-state index contributed by atoms with van der Waals surface area (Å²) in [7, 11) is 1.38. The van der Waals surface area contributed by atoms with Crippen molar-refractivity contribution in [3.05, 3.63) is 29.5 Å². The van der Waals surface area contributed by atoms with Crippen LogP contribution in [0, 0.1) is 0 Å². The molecule has 3 heterocycles. The van der Waals surface area contributed by atoms with E-state index in [2.05, 4.69) is 15.2 Å². The minimum atomic E-state index is -3.91. The quantitative estimate of drug-likeness (QED) is 0.679. The Morgan fingerprint density at radius 2 is 2.05 bits per heavy atom. The molecule has 0 fully saturated rings. The molecular formula is C10H5ClF2N4O2S2. The zero-order valence-corrected chi connectivity index (χ0v) is 12.3. The van der Waals surface area contributed by atoms with Gasteiger partial charge in [0.15, 0.2) is 15.8 Å². The summed E-state index contributed by atoms with van der Waals surface area (Å²) >= 11 is 0.689. The molecule has 110 valence electrons. The SMILES string of the molecule is O=S(=O)(Cl)c1ccc2cnc(-c3nnc(C(F)F)s3)n2c1. The number of hydrogen-bond acceptors (Lipinski definition) is 6. The van der Waals surface area contributed by atoms with E-state index in [4.69, 9.17) is 10.7 Å². The van der Waals surface area contributed by atoms with Gasteiger partial charge in [0, 0.05) is 16.9 Å². The molecule has 3 aromatic heterocycles. The zero-order chi connectivity index (χ0) is 15.2. The fourth-order valence-electron chi connectivity index (χ4n) is 1.69. The summed E-state index contributed by atoms with van der Waals surface area (Å²) in [6.07, 6.45) is -0.00592. The minimum Gasteiger partial charge on any atom is -0.296 e. The van der Waals surface area contributed by atoms with Crippen molar-refractivity contribution in [2.75, 3.05) is 0 Å². The van der Waals surface area contributed by atoms with Gasteiger partial charge in [-0.05, 0) is 12.1 Å². The van der Waals surface area contributed by atoms with Crippen molar-refractivity contribution in [1.29, 1.82) is 0 Å². The van der Waals surface area contributed by atoms with Gasteiger partial charge in [-0.15, -0.1) is 10.2 Å². The van der Waals surface area contributed by atoms with Crippen molar-refractivity contribution in [3.8, 4) is 10.8 Å². The summed E-state index contributed by atoms with van der Waals surface area (Å²) in [6, 6.07) is 2.83. The van der Waals surface area contributed by atoms with Gasteiger partial charge in [-0.3, -0.25) is 4.40 Å². The first-order chi connectivity index (χ1) is 9.86. The van der Waals surface area contributed by atoms with Gasteiger partial charge in [0.2, 0.25) is 0 Å². The Kier molecular flexibility index (Phi) is 3.38. The Morgan fingerprint density at radius 1 is 1.29 bits per heavy atom. The fourth-order valence-corrected chi connectivity index (χ4v) is 3.11. The molecule has 0 radical (unpaired) electrons. The molecule has 0 saturated heterocycles. The molecule has 0 aliphatic carbocycles. The van der Waals surface area contributed by atoms with Crippen LogP contribution < -0.4 is 0 Å². The lowest BCUT2D eigenvalue weighted by Crippen LogP contribution is -1.95. The van der Waals surface area contributed by atoms with Crippen LogP contribution in [0.4, 0.5) is 8.78 Å². The molecule has 0 atom stereocenters. The van der Waals surface area contributed by atoms with Gasteiger partial charge in [-0.25, -0.2) is 22.2 Å². The number of alkyl halides is 2. The molecule has 0 saturated carbocycles. The highest BCUT2D eigenvalue weighted by atomic mass is 35.7. The smallest absolute Gasteiger partial charge is 0.291 e. The number of nitrogens with zero attached hydrogens (tertiary/aromatic N) is 4. The van der Waals surface area contributed by atoms with E-state index in [1.165, 1.54) is 28.9 Å². The van der Waals surface area contributed by atoms with E-state index in [1.807, 2.05) is 0 Å². The number of hydrogen-bond donors (Lipinski definition) is 0. The van der Waals surface area contributed by atoms with Crippen molar-refractivity contribution in [2.24, 2.45) is 0 Å². The largest absolute Gasteiger partial charge is 0.296 e. The zero-order valence-electron chi connectivity index (χ0n) is 9.94. The molecule has 0 bridgehead atoms. The average Bonchev–Trinajstić information content (AvgIpc) is 3.03. The van der Waals surface area contributed by atoms with Crippen molar-refractivity contribution < 1.29 is 17.2 Å². The van der Waals surface area contributed by atoms with Gasteiger partial charge in [-0.1, -0.05) is 11.3 Å².